The molecule has 1 aliphatic heterocycles. The van der Waals surface area contributed by atoms with Crippen LogP contribution in [0.15, 0.2) is 12.4 Å². The van der Waals surface area contributed by atoms with E-state index in [1.165, 1.54) is 0 Å². The number of aromatic nitrogens is 2. The Morgan fingerprint density at radius 3 is 2.71 bits per heavy atom. The summed E-state index contributed by atoms with van der Waals surface area (Å²) in [6.07, 6.45) is 3.57. The molecule has 1 aromatic heterocycles. The summed E-state index contributed by atoms with van der Waals surface area (Å²) in [5, 5.41) is 10.3. The minimum absolute atomic E-state index is 0.0543. The van der Waals surface area contributed by atoms with Gasteiger partial charge in [-0.15, -0.1) is 0 Å². The van der Waals surface area contributed by atoms with Crippen molar-refractivity contribution in [3.05, 3.63) is 12.4 Å². The average molecular weight is 236 g/mol. The maximum atomic E-state index is 11.9. The van der Waals surface area contributed by atoms with Gasteiger partial charge in [0.2, 0.25) is 5.91 Å². The Hall–Kier alpha value is -1.36. The molecule has 1 atom stereocenters. The number of carbonyl (C=O) groups is 1. The lowest BCUT2D eigenvalue weighted by Crippen LogP contribution is -2.48. The fourth-order valence-corrected chi connectivity index (χ4v) is 1.82. The normalized spacial score (nSPS) is 17.9. The molecular formula is C12H20N4O. The second-order valence-electron chi connectivity index (χ2n) is 5.00. The van der Waals surface area contributed by atoms with Crippen LogP contribution >= 0.6 is 0 Å². The van der Waals surface area contributed by atoms with Gasteiger partial charge in [0.05, 0.1) is 11.9 Å². The molecule has 0 bridgehead atoms. The van der Waals surface area contributed by atoms with Gasteiger partial charge in [0.1, 0.15) is 0 Å². The van der Waals surface area contributed by atoms with E-state index in [0.717, 1.165) is 18.8 Å². The highest BCUT2D eigenvalue weighted by atomic mass is 16.1. The molecule has 0 spiro atoms. The molecule has 0 aliphatic carbocycles. The highest BCUT2D eigenvalue weighted by molar-refractivity contribution is 5.92. The van der Waals surface area contributed by atoms with E-state index in [2.05, 4.69) is 29.6 Å². The molecule has 0 saturated carbocycles. The first kappa shape index (κ1) is 12.1. The lowest BCUT2D eigenvalue weighted by atomic mass is 9.88. The van der Waals surface area contributed by atoms with Gasteiger partial charge in [-0.3, -0.25) is 9.48 Å². The Kier molecular flexibility index (Phi) is 3.47. The van der Waals surface area contributed by atoms with Crippen LogP contribution in [-0.2, 0) is 4.79 Å². The Morgan fingerprint density at radius 2 is 2.24 bits per heavy atom. The van der Waals surface area contributed by atoms with Crippen molar-refractivity contribution in [2.45, 2.75) is 26.8 Å². The monoisotopic (exact) mass is 236 g/mol. The second-order valence-corrected chi connectivity index (χ2v) is 5.00. The summed E-state index contributed by atoms with van der Waals surface area (Å²) in [5.74, 6) is 0.605. The zero-order valence-electron chi connectivity index (χ0n) is 10.6. The Morgan fingerprint density at radius 1 is 1.53 bits per heavy atom. The fourth-order valence-electron chi connectivity index (χ4n) is 1.82. The number of carbonyl (C=O) groups excluding carboxylic acids is 1. The first-order chi connectivity index (χ1) is 8.08. The lowest BCUT2D eigenvalue weighted by molar-refractivity contribution is -0.121. The standard InChI is InChI=1S/C12H20N4O/c1-8(2)16-7-11(6-14-16)15-12(17)9(3)10-4-13-5-10/h6-10,13H,4-5H2,1-3H3,(H,15,17). The quantitative estimate of drug-likeness (QED) is 0.827. The van der Waals surface area contributed by atoms with Crippen LogP contribution in [0, 0.1) is 11.8 Å². The highest BCUT2D eigenvalue weighted by Crippen LogP contribution is 2.18. The molecule has 1 fully saturated rings. The summed E-state index contributed by atoms with van der Waals surface area (Å²) in [4.78, 5) is 11.9. The molecule has 5 heteroatoms. The van der Waals surface area contributed by atoms with Crippen LogP contribution in [0.2, 0.25) is 0 Å². The van der Waals surface area contributed by atoms with Crippen molar-refractivity contribution in [1.82, 2.24) is 15.1 Å². The second kappa shape index (κ2) is 4.87. The van der Waals surface area contributed by atoms with Gasteiger partial charge in [0.25, 0.3) is 0 Å². The van der Waals surface area contributed by atoms with Crippen LogP contribution in [0.1, 0.15) is 26.8 Å². The van der Waals surface area contributed by atoms with Gasteiger partial charge < -0.3 is 10.6 Å². The minimum Gasteiger partial charge on any atom is -0.323 e. The van der Waals surface area contributed by atoms with Crippen molar-refractivity contribution in [1.29, 1.82) is 0 Å². The van der Waals surface area contributed by atoms with Crippen LogP contribution in [0.4, 0.5) is 5.69 Å². The number of rotatable bonds is 4. The third kappa shape index (κ3) is 2.66. The third-order valence-corrected chi connectivity index (χ3v) is 3.33. The van der Waals surface area contributed by atoms with Crippen molar-refractivity contribution in [3.63, 3.8) is 0 Å². The van der Waals surface area contributed by atoms with Crippen LogP contribution in [-0.4, -0.2) is 28.8 Å². The summed E-state index contributed by atoms with van der Waals surface area (Å²) in [6.45, 7) is 7.98. The SMILES string of the molecule is CC(C(=O)Nc1cnn(C(C)C)c1)C1CNC1. The Labute approximate surface area is 102 Å². The molecule has 1 saturated heterocycles. The van der Waals surface area contributed by atoms with E-state index in [0.29, 0.717) is 12.0 Å². The minimum atomic E-state index is 0.0543. The Bertz CT molecular complexity index is 395. The van der Waals surface area contributed by atoms with Gasteiger partial charge in [-0.2, -0.15) is 5.10 Å². The van der Waals surface area contributed by atoms with E-state index < -0.39 is 0 Å². The smallest absolute Gasteiger partial charge is 0.227 e. The molecule has 1 aromatic rings. The first-order valence-corrected chi connectivity index (χ1v) is 6.13. The third-order valence-electron chi connectivity index (χ3n) is 3.33. The van der Waals surface area contributed by atoms with Crippen molar-refractivity contribution in [2.75, 3.05) is 18.4 Å². The molecule has 5 nitrogen and oxygen atoms in total. The van der Waals surface area contributed by atoms with Crippen molar-refractivity contribution < 1.29 is 4.79 Å². The predicted molar refractivity (Wildman–Crippen MR) is 66.8 cm³/mol. The Balaban J connectivity index is 1.92. The number of hydrogen-bond donors (Lipinski definition) is 2. The molecule has 17 heavy (non-hydrogen) atoms. The largest absolute Gasteiger partial charge is 0.323 e. The molecule has 2 heterocycles. The molecule has 2 rings (SSSR count). The lowest BCUT2D eigenvalue weighted by Gasteiger charge is -2.31. The molecule has 0 aromatic carbocycles. The van der Waals surface area contributed by atoms with Gasteiger partial charge in [-0.25, -0.2) is 0 Å². The summed E-state index contributed by atoms with van der Waals surface area (Å²) in [5.41, 5.74) is 0.780. The fraction of sp³-hybridized carbons (Fsp3) is 0.667. The van der Waals surface area contributed by atoms with Gasteiger partial charge in [0.15, 0.2) is 0 Å². The zero-order chi connectivity index (χ0) is 12.4. The molecule has 1 aliphatic rings. The molecule has 1 amide bonds. The molecule has 0 radical (unpaired) electrons. The molecule has 94 valence electrons. The van der Waals surface area contributed by atoms with Crippen LogP contribution < -0.4 is 10.6 Å². The van der Waals surface area contributed by atoms with E-state index in [-0.39, 0.29) is 11.8 Å². The summed E-state index contributed by atoms with van der Waals surface area (Å²) >= 11 is 0. The van der Waals surface area contributed by atoms with Crippen LogP contribution in [0.5, 0.6) is 0 Å². The van der Waals surface area contributed by atoms with Gasteiger partial charge in [-0.05, 0) is 32.9 Å². The summed E-state index contributed by atoms with van der Waals surface area (Å²) < 4.78 is 1.84. The maximum Gasteiger partial charge on any atom is 0.227 e. The summed E-state index contributed by atoms with van der Waals surface area (Å²) in [6, 6.07) is 0.314. The van der Waals surface area contributed by atoms with Crippen LogP contribution in [0.25, 0.3) is 0 Å². The predicted octanol–water partition coefficient (Wildman–Crippen LogP) is 1.26. The number of nitrogens with zero attached hydrogens (tertiary/aromatic N) is 2. The van der Waals surface area contributed by atoms with E-state index in [9.17, 15) is 4.79 Å². The molecular weight excluding hydrogens is 216 g/mol. The van der Waals surface area contributed by atoms with E-state index in [1.807, 2.05) is 17.8 Å². The number of anilines is 1. The van der Waals surface area contributed by atoms with Crippen LogP contribution in [0.3, 0.4) is 0 Å². The highest BCUT2D eigenvalue weighted by Gasteiger charge is 2.28. The number of amides is 1. The van der Waals surface area contributed by atoms with Crippen molar-refractivity contribution in [3.8, 4) is 0 Å². The zero-order valence-corrected chi connectivity index (χ0v) is 10.6. The van der Waals surface area contributed by atoms with E-state index >= 15 is 0 Å². The number of nitrogens with one attached hydrogen (secondary N) is 2. The molecule has 2 N–H and O–H groups in total. The maximum absolute atomic E-state index is 11.9. The van der Waals surface area contributed by atoms with Gasteiger partial charge in [0, 0.05) is 18.2 Å². The first-order valence-electron chi connectivity index (χ1n) is 6.13. The van der Waals surface area contributed by atoms with E-state index in [1.54, 1.807) is 6.20 Å². The average Bonchev–Trinajstić information content (AvgIpc) is 2.63. The van der Waals surface area contributed by atoms with Crippen molar-refractivity contribution in [2.24, 2.45) is 11.8 Å². The van der Waals surface area contributed by atoms with Gasteiger partial charge >= 0.3 is 0 Å². The van der Waals surface area contributed by atoms with Crippen molar-refractivity contribution >= 4 is 11.6 Å². The summed E-state index contributed by atoms with van der Waals surface area (Å²) in [7, 11) is 0. The van der Waals surface area contributed by atoms with E-state index in [4.69, 9.17) is 0 Å². The number of hydrogen-bond acceptors (Lipinski definition) is 3. The topological polar surface area (TPSA) is 59.0 Å². The molecule has 1 unspecified atom stereocenters. The van der Waals surface area contributed by atoms with Gasteiger partial charge in [-0.1, -0.05) is 6.92 Å².